The molecule has 4 rings (SSSR count). The first-order valence-corrected chi connectivity index (χ1v) is 11.9. The summed E-state index contributed by atoms with van der Waals surface area (Å²) in [6.45, 7) is 7.34. The number of oxime groups is 1. The minimum absolute atomic E-state index is 0.217. The Balaban J connectivity index is 1.32. The van der Waals surface area contributed by atoms with E-state index in [1.165, 1.54) is 19.2 Å². The highest BCUT2D eigenvalue weighted by Gasteiger charge is 2.44. The number of piperidine rings is 1. The normalized spacial score (nSPS) is 22.1. The molecule has 0 radical (unpaired) electrons. The van der Waals surface area contributed by atoms with Gasteiger partial charge in [0.15, 0.2) is 6.17 Å². The third-order valence-electron chi connectivity index (χ3n) is 7.05. The fourth-order valence-electron chi connectivity index (χ4n) is 4.93. The minimum Gasteiger partial charge on any atom is -0.486 e. The molecule has 7 nitrogen and oxygen atoms in total. The lowest BCUT2D eigenvalue weighted by molar-refractivity contribution is -0.140. The van der Waals surface area contributed by atoms with Crippen LogP contribution in [-0.2, 0) is 9.63 Å². The summed E-state index contributed by atoms with van der Waals surface area (Å²) in [5.74, 6) is 0.386. The summed E-state index contributed by atoms with van der Waals surface area (Å²) < 4.78 is 34.8. The second-order valence-corrected chi connectivity index (χ2v) is 9.32. The van der Waals surface area contributed by atoms with Gasteiger partial charge in [0.05, 0.1) is 5.71 Å². The van der Waals surface area contributed by atoms with Gasteiger partial charge >= 0.3 is 0 Å². The van der Waals surface area contributed by atoms with E-state index in [0.29, 0.717) is 61.8 Å². The van der Waals surface area contributed by atoms with Crippen LogP contribution in [0.15, 0.2) is 23.4 Å². The van der Waals surface area contributed by atoms with Gasteiger partial charge in [-0.1, -0.05) is 12.1 Å². The number of alkyl halides is 1. The zero-order valence-electron chi connectivity index (χ0n) is 19.5. The molecule has 2 fully saturated rings. The number of likely N-dealkylation sites (tertiary alicyclic amines) is 1. The topological polar surface area (TPSA) is 66.4 Å². The molecule has 1 N–H and O–H groups in total. The Kier molecular flexibility index (Phi) is 7.48. The molecule has 1 aromatic rings. The van der Waals surface area contributed by atoms with Crippen molar-refractivity contribution in [3.05, 3.63) is 29.6 Å². The van der Waals surface area contributed by atoms with E-state index in [1.54, 1.807) is 11.0 Å². The van der Waals surface area contributed by atoms with E-state index in [-0.39, 0.29) is 12.2 Å². The Morgan fingerprint density at radius 2 is 2.15 bits per heavy atom. The lowest BCUT2D eigenvalue weighted by atomic mass is 9.82. The Morgan fingerprint density at radius 1 is 1.39 bits per heavy atom. The fourth-order valence-corrected chi connectivity index (χ4v) is 4.93. The summed E-state index contributed by atoms with van der Waals surface area (Å²) >= 11 is 0. The van der Waals surface area contributed by atoms with Gasteiger partial charge in [-0.2, -0.15) is 0 Å². The van der Waals surface area contributed by atoms with E-state index in [2.05, 4.69) is 22.3 Å². The van der Waals surface area contributed by atoms with Crippen LogP contribution in [0, 0.1) is 11.7 Å². The van der Waals surface area contributed by atoms with Crippen LogP contribution in [0.5, 0.6) is 5.75 Å². The van der Waals surface area contributed by atoms with Crippen molar-refractivity contribution in [3.8, 4) is 5.75 Å². The number of halogens is 2. The van der Waals surface area contributed by atoms with Gasteiger partial charge in [-0.05, 0) is 30.7 Å². The summed E-state index contributed by atoms with van der Waals surface area (Å²) in [5, 5.41) is 7.35. The molecule has 0 bridgehead atoms. The van der Waals surface area contributed by atoms with Gasteiger partial charge in [-0.15, -0.1) is 0 Å². The van der Waals surface area contributed by atoms with Crippen molar-refractivity contribution in [2.45, 2.75) is 44.4 Å². The zero-order valence-corrected chi connectivity index (χ0v) is 19.5. The second-order valence-electron chi connectivity index (χ2n) is 9.32. The van der Waals surface area contributed by atoms with E-state index in [0.717, 1.165) is 26.2 Å². The first-order chi connectivity index (χ1) is 15.9. The number of benzene rings is 1. The van der Waals surface area contributed by atoms with Crippen molar-refractivity contribution in [2.24, 2.45) is 11.1 Å². The number of nitrogens with zero attached hydrogens (tertiary/aromatic N) is 3. The summed E-state index contributed by atoms with van der Waals surface area (Å²) in [6, 6.07) is 4.36. The van der Waals surface area contributed by atoms with Crippen molar-refractivity contribution < 1.29 is 23.1 Å². The van der Waals surface area contributed by atoms with E-state index in [4.69, 9.17) is 9.57 Å². The summed E-state index contributed by atoms with van der Waals surface area (Å²) in [5.41, 5.74) is 0.659. The van der Waals surface area contributed by atoms with Gasteiger partial charge < -0.3 is 24.7 Å². The molecule has 0 aromatic heterocycles. The number of hydrogen-bond acceptors (Lipinski definition) is 6. The number of amides is 1. The maximum absolute atomic E-state index is 14.8. The standard InChI is InChI=1S/C24H34F2N4O3/c1-3-29(16-17-14-27-15-17)9-6-20(26)23(31)30-10-7-24(8-11-30)13-21(28-32-2)19-12-18(25)4-5-22(19)33-24/h4-5,12,17,20,27H,3,6-11,13-16H2,1-2H3/b28-21+. The Labute approximate surface area is 194 Å². The third-order valence-corrected chi connectivity index (χ3v) is 7.05. The van der Waals surface area contributed by atoms with Gasteiger partial charge in [0.25, 0.3) is 5.91 Å². The highest BCUT2D eigenvalue weighted by molar-refractivity contribution is 6.04. The van der Waals surface area contributed by atoms with Crippen molar-refractivity contribution in [2.75, 3.05) is 52.9 Å². The summed E-state index contributed by atoms with van der Waals surface area (Å²) in [4.78, 5) is 21.6. The van der Waals surface area contributed by atoms with Gasteiger partial charge in [0.1, 0.15) is 24.3 Å². The van der Waals surface area contributed by atoms with Crippen molar-refractivity contribution in [1.29, 1.82) is 0 Å². The summed E-state index contributed by atoms with van der Waals surface area (Å²) in [6.07, 6.45) is 0.296. The van der Waals surface area contributed by atoms with E-state index < -0.39 is 17.7 Å². The molecule has 2 saturated heterocycles. The molecule has 0 aliphatic carbocycles. The van der Waals surface area contributed by atoms with E-state index in [1.807, 2.05) is 0 Å². The number of nitrogens with one attached hydrogen (secondary N) is 1. The van der Waals surface area contributed by atoms with Gasteiger partial charge in [-0.3, -0.25) is 4.79 Å². The molecule has 1 atom stereocenters. The molecule has 3 aliphatic heterocycles. The zero-order chi connectivity index (χ0) is 23.4. The lowest BCUT2D eigenvalue weighted by Gasteiger charge is -2.44. The monoisotopic (exact) mass is 464 g/mol. The van der Waals surface area contributed by atoms with Gasteiger partial charge in [-0.25, -0.2) is 8.78 Å². The molecule has 9 heteroatoms. The number of ether oxygens (including phenoxy) is 1. The number of carbonyl (C=O) groups excluding carboxylic acids is 1. The molecule has 1 unspecified atom stereocenters. The average Bonchev–Trinajstić information content (AvgIpc) is 2.78. The molecule has 3 heterocycles. The van der Waals surface area contributed by atoms with Crippen LogP contribution in [0.1, 0.15) is 38.2 Å². The molecule has 1 spiro atoms. The Morgan fingerprint density at radius 3 is 2.79 bits per heavy atom. The van der Waals surface area contributed by atoms with Gasteiger partial charge in [0.2, 0.25) is 0 Å². The number of rotatable bonds is 8. The number of fused-ring (bicyclic) bond motifs is 1. The van der Waals surface area contributed by atoms with Crippen molar-refractivity contribution in [3.63, 3.8) is 0 Å². The smallest absolute Gasteiger partial charge is 0.257 e. The van der Waals surface area contributed by atoms with Crippen LogP contribution in [0.3, 0.4) is 0 Å². The average molecular weight is 465 g/mol. The van der Waals surface area contributed by atoms with Crippen LogP contribution in [0.2, 0.25) is 0 Å². The Hall–Kier alpha value is -2.26. The van der Waals surface area contributed by atoms with E-state index in [9.17, 15) is 13.6 Å². The number of carbonyl (C=O) groups is 1. The first-order valence-electron chi connectivity index (χ1n) is 11.9. The molecular formula is C24H34F2N4O3. The fraction of sp³-hybridized carbons (Fsp3) is 0.667. The molecule has 182 valence electrons. The third kappa shape index (κ3) is 5.46. The maximum atomic E-state index is 14.8. The molecule has 0 saturated carbocycles. The predicted octanol–water partition coefficient (Wildman–Crippen LogP) is 2.59. The SMILES string of the molecule is CCN(CCC(F)C(=O)N1CCC2(CC1)C/C(=N\OC)c1cc(F)ccc1O2)CC1CNC1. The quantitative estimate of drug-likeness (QED) is 0.599. The molecule has 1 amide bonds. The molecule has 3 aliphatic rings. The molecular weight excluding hydrogens is 430 g/mol. The van der Waals surface area contributed by atoms with E-state index >= 15 is 0 Å². The van der Waals surface area contributed by atoms with Crippen LogP contribution < -0.4 is 10.1 Å². The van der Waals surface area contributed by atoms with Gasteiger partial charge in [0, 0.05) is 70.5 Å². The lowest BCUT2D eigenvalue weighted by Crippen LogP contribution is -2.53. The van der Waals surface area contributed by atoms with Crippen LogP contribution >= 0.6 is 0 Å². The minimum atomic E-state index is -1.49. The van der Waals surface area contributed by atoms with Crippen molar-refractivity contribution in [1.82, 2.24) is 15.1 Å². The van der Waals surface area contributed by atoms with Crippen molar-refractivity contribution >= 4 is 11.6 Å². The van der Waals surface area contributed by atoms with Crippen LogP contribution in [0.4, 0.5) is 8.78 Å². The molecule has 1 aromatic carbocycles. The Bertz CT molecular complexity index is 869. The summed E-state index contributed by atoms with van der Waals surface area (Å²) in [7, 11) is 1.46. The highest BCUT2D eigenvalue weighted by atomic mass is 19.1. The van der Waals surface area contributed by atoms with Crippen LogP contribution in [-0.4, -0.2) is 86.1 Å². The van der Waals surface area contributed by atoms with Crippen LogP contribution in [0.25, 0.3) is 0 Å². The largest absolute Gasteiger partial charge is 0.486 e. The highest BCUT2D eigenvalue weighted by Crippen LogP contribution is 2.40. The predicted molar refractivity (Wildman–Crippen MR) is 122 cm³/mol. The first kappa shape index (κ1) is 23.9. The second kappa shape index (κ2) is 10.3. The maximum Gasteiger partial charge on any atom is 0.257 e. The molecule has 33 heavy (non-hydrogen) atoms. The number of hydrogen-bond donors (Lipinski definition) is 1.